The van der Waals surface area contributed by atoms with Gasteiger partial charge in [0.25, 0.3) is 0 Å². The summed E-state index contributed by atoms with van der Waals surface area (Å²) in [6.45, 7) is 12.1. The maximum Gasteiger partial charge on any atom is 0.0644 e. The van der Waals surface area contributed by atoms with Gasteiger partial charge in [0.1, 0.15) is 0 Å². The molecule has 18 heavy (non-hydrogen) atoms. The molecular formula is C15H29N3. The molecule has 1 aromatic heterocycles. The number of aromatic nitrogens is 2. The molecule has 0 radical (unpaired) electrons. The maximum absolute atomic E-state index is 4.55. The molecule has 3 nitrogen and oxygen atoms in total. The number of hydrogen-bond donors (Lipinski definition) is 1. The molecule has 1 aromatic rings. The lowest BCUT2D eigenvalue weighted by atomic mass is 9.90. The molecule has 1 heterocycles. The van der Waals surface area contributed by atoms with E-state index in [-0.39, 0.29) is 0 Å². The molecule has 0 bridgehead atoms. The summed E-state index contributed by atoms with van der Waals surface area (Å²) in [4.78, 5) is 0. The molecule has 0 saturated carbocycles. The lowest BCUT2D eigenvalue weighted by Crippen LogP contribution is -2.24. The number of nitrogens with one attached hydrogen (secondary N) is 1. The predicted molar refractivity (Wildman–Crippen MR) is 77.8 cm³/mol. The van der Waals surface area contributed by atoms with Crippen LogP contribution in [0.3, 0.4) is 0 Å². The summed E-state index contributed by atoms with van der Waals surface area (Å²) in [6.07, 6.45) is 3.74. The van der Waals surface area contributed by atoms with Crippen LogP contribution in [0.1, 0.15) is 63.0 Å². The summed E-state index contributed by atoms with van der Waals surface area (Å²) in [5.41, 5.74) is 3.88. The monoisotopic (exact) mass is 251 g/mol. The van der Waals surface area contributed by atoms with Crippen molar-refractivity contribution in [3.05, 3.63) is 17.0 Å². The first kappa shape index (κ1) is 15.2. The minimum absolute atomic E-state index is 0.452. The Hall–Kier alpha value is -0.830. The Morgan fingerprint density at radius 1 is 1.17 bits per heavy atom. The quantitative estimate of drug-likeness (QED) is 0.803. The third kappa shape index (κ3) is 3.35. The Labute approximate surface area is 112 Å². The smallest absolute Gasteiger partial charge is 0.0644 e. The van der Waals surface area contributed by atoms with Gasteiger partial charge in [-0.1, -0.05) is 33.6 Å². The largest absolute Gasteiger partial charge is 0.310 e. The van der Waals surface area contributed by atoms with E-state index in [0.29, 0.717) is 6.04 Å². The fraction of sp³-hybridized carbons (Fsp3) is 0.800. The fourth-order valence-electron chi connectivity index (χ4n) is 2.80. The van der Waals surface area contributed by atoms with Crippen LogP contribution in [-0.2, 0) is 7.05 Å². The number of aryl methyl sites for hydroxylation is 2. The van der Waals surface area contributed by atoms with Crippen molar-refractivity contribution in [3.63, 3.8) is 0 Å². The Bertz CT molecular complexity index is 364. The normalized spacial score (nSPS) is 13.3. The van der Waals surface area contributed by atoms with Gasteiger partial charge in [-0.05, 0) is 32.7 Å². The van der Waals surface area contributed by atoms with E-state index in [4.69, 9.17) is 0 Å². The minimum Gasteiger partial charge on any atom is -0.310 e. The van der Waals surface area contributed by atoms with E-state index in [0.717, 1.165) is 12.5 Å². The molecule has 1 unspecified atom stereocenters. The van der Waals surface area contributed by atoms with Gasteiger partial charge in [-0.2, -0.15) is 5.10 Å². The van der Waals surface area contributed by atoms with Crippen LogP contribution in [0.15, 0.2) is 0 Å². The van der Waals surface area contributed by atoms with Gasteiger partial charge in [0, 0.05) is 24.3 Å². The van der Waals surface area contributed by atoms with Crippen LogP contribution in [0.4, 0.5) is 0 Å². The highest BCUT2D eigenvalue weighted by Crippen LogP contribution is 2.29. The summed E-state index contributed by atoms with van der Waals surface area (Å²) in [7, 11) is 2.03. The predicted octanol–water partition coefficient (Wildman–Crippen LogP) is 3.51. The zero-order chi connectivity index (χ0) is 13.7. The average molecular weight is 251 g/mol. The van der Waals surface area contributed by atoms with Crippen LogP contribution >= 0.6 is 0 Å². The second-order valence-electron chi connectivity index (χ2n) is 5.24. The summed E-state index contributed by atoms with van der Waals surface area (Å²) in [6, 6.07) is 0.452. The van der Waals surface area contributed by atoms with Gasteiger partial charge in [-0.15, -0.1) is 0 Å². The highest BCUT2D eigenvalue weighted by molar-refractivity contribution is 5.28. The molecular weight excluding hydrogens is 222 g/mol. The molecule has 0 amide bonds. The van der Waals surface area contributed by atoms with Crippen molar-refractivity contribution >= 4 is 0 Å². The first-order valence-corrected chi connectivity index (χ1v) is 7.28. The molecule has 1 N–H and O–H groups in total. The second kappa shape index (κ2) is 6.93. The van der Waals surface area contributed by atoms with Gasteiger partial charge in [0.2, 0.25) is 0 Å². The Morgan fingerprint density at radius 2 is 1.78 bits per heavy atom. The highest BCUT2D eigenvalue weighted by atomic mass is 15.3. The van der Waals surface area contributed by atoms with Crippen LogP contribution < -0.4 is 5.32 Å². The Balaban J connectivity index is 2.96. The molecule has 1 rings (SSSR count). The fourth-order valence-corrected chi connectivity index (χ4v) is 2.80. The van der Waals surface area contributed by atoms with Crippen molar-refractivity contribution in [2.24, 2.45) is 13.0 Å². The standard InChI is InChI=1S/C15H29N3/c1-7-13(8-2)10-14(16-9-3)15-11(4)17-18(6)12(15)5/h13-14,16H,7-10H2,1-6H3. The van der Waals surface area contributed by atoms with Gasteiger partial charge in [-0.3, -0.25) is 4.68 Å². The van der Waals surface area contributed by atoms with Crippen molar-refractivity contribution in [3.8, 4) is 0 Å². The van der Waals surface area contributed by atoms with E-state index in [1.165, 1.54) is 36.2 Å². The molecule has 0 spiro atoms. The van der Waals surface area contributed by atoms with Crippen molar-refractivity contribution in [1.29, 1.82) is 0 Å². The summed E-state index contributed by atoms with van der Waals surface area (Å²) < 4.78 is 2.00. The third-order valence-electron chi connectivity index (χ3n) is 4.09. The molecule has 0 aliphatic carbocycles. The zero-order valence-corrected chi connectivity index (χ0v) is 12.9. The van der Waals surface area contributed by atoms with E-state index in [1.54, 1.807) is 0 Å². The molecule has 1 atom stereocenters. The van der Waals surface area contributed by atoms with Crippen LogP contribution in [0.25, 0.3) is 0 Å². The van der Waals surface area contributed by atoms with Gasteiger partial charge < -0.3 is 5.32 Å². The van der Waals surface area contributed by atoms with E-state index in [9.17, 15) is 0 Å². The second-order valence-corrected chi connectivity index (χ2v) is 5.24. The maximum atomic E-state index is 4.55. The Kier molecular flexibility index (Phi) is 5.86. The summed E-state index contributed by atoms with van der Waals surface area (Å²) in [5.74, 6) is 0.799. The van der Waals surface area contributed by atoms with E-state index in [2.05, 4.69) is 45.0 Å². The van der Waals surface area contributed by atoms with Gasteiger partial charge >= 0.3 is 0 Å². The number of rotatable bonds is 7. The van der Waals surface area contributed by atoms with Crippen molar-refractivity contribution < 1.29 is 0 Å². The van der Waals surface area contributed by atoms with Crippen molar-refractivity contribution in [2.45, 2.75) is 59.9 Å². The molecule has 0 aromatic carbocycles. The highest BCUT2D eigenvalue weighted by Gasteiger charge is 2.21. The number of nitrogens with zero attached hydrogens (tertiary/aromatic N) is 2. The van der Waals surface area contributed by atoms with Crippen molar-refractivity contribution in [1.82, 2.24) is 15.1 Å². The van der Waals surface area contributed by atoms with Gasteiger partial charge in [-0.25, -0.2) is 0 Å². The van der Waals surface area contributed by atoms with E-state index < -0.39 is 0 Å². The van der Waals surface area contributed by atoms with Crippen molar-refractivity contribution in [2.75, 3.05) is 6.54 Å². The zero-order valence-electron chi connectivity index (χ0n) is 12.9. The Morgan fingerprint density at radius 3 is 2.17 bits per heavy atom. The molecule has 104 valence electrons. The molecule has 0 aliphatic heterocycles. The van der Waals surface area contributed by atoms with Crippen LogP contribution in [0.2, 0.25) is 0 Å². The third-order valence-corrected chi connectivity index (χ3v) is 4.09. The lowest BCUT2D eigenvalue weighted by Gasteiger charge is -2.23. The molecule has 0 aliphatic rings. The molecule has 3 heteroatoms. The molecule has 0 saturated heterocycles. The van der Waals surface area contributed by atoms with E-state index in [1.807, 2.05) is 11.7 Å². The summed E-state index contributed by atoms with van der Waals surface area (Å²) in [5, 5.41) is 8.19. The average Bonchev–Trinajstić information content (AvgIpc) is 2.59. The SMILES string of the molecule is CCNC(CC(CC)CC)c1c(C)nn(C)c1C. The topological polar surface area (TPSA) is 29.9 Å². The minimum atomic E-state index is 0.452. The van der Waals surface area contributed by atoms with E-state index >= 15 is 0 Å². The van der Waals surface area contributed by atoms with Crippen LogP contribution in [0, 0.1) is 19.8 Å². The lowest BCUT2D eigenvalue weighted by molar-refractivity contribution is 0.374. The van der Waals surface area contributed by atoms with Crippen LogP contribution in [0.5, 0.6) is 0 Å². The van der Waals surface area contributed by atoms with Crippen LogP contribution in [-0.4, -0.2) is 16.3 Å². The van der Waals surface area contributed by atoms with Gasteiger partial charge in [0.15, 0.2) is 0 Å². The first-order valence-electron chi connectivity index (χ1n) is 7.28. The van der Waals surface area contributed by atoms with Gasteiger partial charge in [0.05, 0.1) is 5.69 Å². The first-order chi connectivity index (χ1) is 8.54. The summed E-state index contributed by atoms with van der Waals surface area (Å²) >= 11 is 0. The molecule has 0 fully saturated rings. The number of hydrogen-bond acceptors (Lipinski definition) is 2.